The molecule has 0 aliphatic heterocycles. The molecule has 21 heavy (non-hydrogen) atoms. The molecule has 1 aliphatic rings. The van der Waals surface area contributed by atoms with Gasteiger partial charge in [0, 0.05) is 7.11 Å². The molecule has 1 aromatic rings. The predicted molar refractivity (Wildman–Crippen MR) is 87.7 cm³/mol. The number of aliphatic hydroxyl groups is 1. The molecule has 1 saturated carbocycles. The van der Waals surface area contributed by atoms with Gasteiger partial charge in [0.2, 0.25) is 0 Å². The Balaban J connectivity index is 2.08. The van der Waals surface area contributed by atoms with Gasteiger partial charge in [0.15, 0.2) is 0 Å². The summed E-state index contributed by atoms with van der Waals surface area (Å²) in [5.41, 5.74) is 0.959. The highest BCUT2D eigenvalue weighted by molar-refractivity contribution is 9.10. The predicted octanol–water partition coefficient (Wildman–Crippen LogP) is 4.48. The summed E-state index contributed by atoms with van der Waals surface area (Å²) in [6, 6.07) is 5.87. The van der Waals surface area contributed by atoms with Gasteiger partial charge < -0.3 is 14.6 Å². The number of hydrogen-bond acceptors (Lipinski definition) is 3. The van der Waals surface area contributed by atoms with Crippen LogP contribution in [0.25, 0.3) is 0 Å². The number of hydrogen-bond donors (Lipinski definition) is 1. The lowest BCUT2D eigenvalue weighted by Gasteiger charge is -2.38. The molecule has 1 unspecified atom stereocenters. The fraction of sp³-hybridized carbons (Fsp3) is 0.647. The Labute approximate surface area is 135 Å². The minimum absolute atomic E-state index is 0.00385. The molecule has 3 nitrogen and oxygen atoms in total. The summed E-state index contributed by atoms with van der Waals surface area (Å²) < 4.78 is 11.5. The van der Waals surface area contributed by atoms with Gasteiger partial charge in [-0.2, -0.15) is 0 Å². The summed E-state index contributed by atoms with van der Waals surface area (Å²) in [6.07, 6.45) is 5.50. The quantitative estimate of drug-likeness (QED) is 0.763. The molecule has 4 heteroatoms. The van der Waals surface area contributed by atoms with Crippen LogP contribution >= 0.6 is 15.9 Å². The minimum Gasteiger partial charge on any atom is -0.490 e. The normalized spacial score (nSPS) is 19.2. The van der Waals surface area contributed by atoms with E-state index in [0.29, 0.717) is 13.2 Å². The molecule has 0 heterocycles. The van der Waals surface area contributed by atoms with Crippen LogP contribution in [0.5, 0.6) is 5.75 Å². The highest BCUT2D eigenvalue weighted by atomic mass is 79.9. The molecular formula is C17H25BrO3. The maximum absolute atomic E-state index is 10.8. The molecule has 0 aromatic heterocycles. The molecule has 0 amide bonds. The van der Waals surface area contributed by atoms with Crippen molar-refractivity contribution in [1.29, 1.82) is 0 Å². The Morgan fingerprint density at radius 1 is 1.24 bits per heavy atom. The lowest BCUT2D eigenvalue weighted by Crippen LogP contribution is -2.28. The smallest absolute Gasteiger partial charge is 0.133 e. The Morgan fingerprint density at radius 3 is 2.57 bits per heavy atom. The lowest BCUT2D eigenvalue weighted by atomic mass is 9.70. The van der Waals surface area contributed by atoms with Crippen molar-refractivity contribution < 1.29 is 14.6 Å². The van der Waals surface area contributed by atoms with Crippen LogP contribution < -0.4 is 4.74 Å². The number of benzene rings is 1. The van der Waals surface area contributed by atoms with E-state index in [9.17, 15) is 5.11 Å². The maximum Gasteiger partial charge on any atom is 0.133 e. The van der Waals surface area contributed by atoms with Gasteiger partial charge in [0.1, 0.15) is 12.4 Å². The zero-order valence-electron chi connectivity index (χ0n) is 12.9. The van der Waals surface area contributed by atoms with Gasteiger partial charge in [-0.3, -0.25) is 0 Å². The van der Waals surface area contributed by atoms with Gasteiger partial charge in [-0.15, -0.1) is 0 Å². The lowest BCUT2D eigenvalue weighted by molar-refractivity contribution is 0.00811. The van der Waals surface area contributed by atoms with E-state index < -0.39 is 6.10 Å². The minimum atomic E-state index is -0.415. The van der Waals surface area contributed by atoms with Gasteiger partial charge in [0.05, 0.1) is 17.2 Å². The Morgan fingerprint density at radius 2 is 1.95 bits per heavy atom. The Hall–Kier alpha value is -0.580. The monoisotopic (exact) mass is 356 g/mol. The molecule has 1 atom stereocenters. The van der Waals surface area contributed by atoms with Crippen molar-refractivity contribution in [3.63, 3.8) is 0 Å². The van der Waals surface area contributed by atoms with E-state index in [1.165, 1.54) is 19.3 Å². The molecule has 1 N–H and O–H groups in total. The second kappa shape index (κ2) is 7.61. The molecule has 0 bridgehead atoms. The number of rotatable bonds is 6. The van der Waals surface area contributed by atoms with Crippen molar-refractivity contribution in [2.24, 2.45) is 5.41 Å². The van der Waals surface area contributed by atoms with Crippen LogP contribution in [0, 0.1) is 5.41 Å². The van der Waals surface area contributed by atoms with Crippen molar-refractivity contribution in [1.82, 2.24) is 0 Å². The maximum atomic E-state index is 10.8. The zero-order chi connectivity index (χ0) is 15.3. The first kappa shape index (κ1) is 16.8. The fourth-order valence-electron chi connectivity index (χ4n) is 3.07. The van der Waals surface area contributed by atoms with E-state index in [1.807, 2.05) is 18.2 Å². The Bertz CT molecular complexity index is 455. The van der Waals surface area contributed by atoms with Crippen molar-refractivity contribution in [2.75, 3.05) is 20.3 Å². The second-order valence-electron chi connectivity index (χ2n) is 6.15. The number of methoxy groups -OCH3 is 1. The fourth-order valence-corrected chi connectivity index (χ4v) is 3.59. The van der Waals surface area contributed by atoms with Crippen molar-refractivity contribution >= 4 is 15.9 Å². The third-order valence-corrected chi connectivity index (χ3v) is 5.09. The topological polar surface area (TPSA) is 38.7 Å². The highest BCUT2D eigenvalue weighted by Gasteiger charge is 2.35. The van der Waals surface area contributed by atoms with Crippen LogP contribution in [-0.4, -0.2) is 25.4 Å². The van der Waals surface area contributed by atoms with Gasteiger partial charge in [-0.1, -0.05) is 32.3 Å². The van der Waals surface area contributed by atoms with Crippen LogP contribution in [-0.2, 0) is 4.74 Å². The van der Waals surface area contributed by atoms with E-state index in [2.05, 4.69) is 22.9 Å². The zero-order valence-corrected chi connectivity index (χ0v) is 14.5. The van der Waals surface area contributed by atoms with E-state index in [4.69, 9.17) is 9.47 Å². The van der Waals surface area contributed by atoms with Crippen LogP contribution in [0.1, 0.15) is 50.7 Å². The standard InChI is InChI=1S/C17H25BrO3/c1-17(8-4-3-5-9-17)16(19)13-6-7-15(14(18)12-13)21-11-10-20-2/h6-7,12,16,19H,3-5,8-11H2,1-2H3. The summed E-state index contributed by atoms with van der Waals surface area (Å²) in [6.45, 7) is 3.29. The van der Waals surface area contributed by atoms with Crippen molar-refractivity contribution in [3.8, 4) is 5.75 Å². The van der Waals surface area contributed by atoms with E-state index >= 15 is 0 Å². The van der Waals surface area contributed by atoms with Crippen LogP contribution in [0.2, 0.25) is 0 Å². The summed E-state index contributed by atoms with van der Waals surface area (Å²) in [5.74, 6) is 0.789. The van der Waals surface area contributed by atoms with E-state index in [-0.39, 0.29) is 5.41 Å². The van der Waals surface area contributed by atoms with Crippen molar-refractivity contribution in [2.45, 2.75) is 45.1 Å². The first-order valence-electron chi connectivity index (χ1n) is 7.66. The van der Waals surface area contributed by atoms with E-state index in [1.54, 1.807) is 7.11 Å². The number of ether oxygens (including phenoxy) is 2. The van der Waals surface area contributed by atoms with Gasteiger partial charge in [0.25, 0.3) is 0 Å². The Kier molecular flexibility index (Phi) is 6.08. The number of aliphatic hydroxyl groups excluding tert-OH is 1. The molecule has 0 saturated heterocycles. The average molecular weight is 357 g/mol. The molecule has 118 valence electrons. The van der Waals surface area contributed by atoms with E-state index in [0.717, 1.165) is 28.6 Å². The third-order valence-electron chi connectivity index (χ3n) is 4.47. The molecule has 2 rings (SSSR count). The van der Waals surface area contributed by atoms with Crippen LogP contribution in [0.15, 0.2) is 22.7 Å². The summed E-state index contributed by atoms with van der Waals surface area (Å²) in [4.78, 5) is 0. The van der Waals surface area contributed by atoms with Crippen molar-refractivity contribution in [3.05, 3.63) is 28.2 Å². The van der Waals surface area contributed by atoms with Gasteiger partial charge in [-0.25, -0.2) is 0 Å². The number of halogens is 1. The summed E-state index contributed by atoms with van der Waals surface area (Å²) >= 11 is 3.53. The SMILES string of the molecule is COCCOc1ccc(C(O)C2(C)CCCCC2)cc1Br. The molecular weight excluding hydrogens is 332 g/mol. The van der Waals surface area contributed by atoms with Gasteiger partial charge in [-0.05, 0) is 51.9 Å². The first-order valence-corrected chi connectivity index (χ1v) is 8.45. The average Bonchev–Trinajstić information content (AvgIpc) is 2.49. The van der Waals surface area contributed by atoms with Gasteiger partial charge >= 0.3 is 0 Å². The first-order chi connectivity index (χ1) is 10.1. The molecule has 1 aliphatic carbocycles. The molecule has 1 fully saturated rings. The molecule has 1 aromatic carbocycles. The second-order valence-corrected chi connectivity index (χ2v) is 7.00. The largest absolute Gasteiger partial charge is 0.490 e. The summed E-state index contributed by atoms with van der Waals surface area (Å²) in [7, 11) is 1.66. The molecule has 0 radical (unpaired) electrons. The highest BCUT2D eigenvalue weighted by Crippen LogP contribution is 2.46. The summed E-state index contributed by atoms with van der Waals surface area (Å²) in [5, 5.41) is 10.8. The third kappa shape index (κ3) is 4.21. The van der Waals surface area contributed by atoms with Crippen LogP contribution in [0.3, 0.4) is 0 Å². The van der Waals surface area contributed by atoms with Crippen LogP contribution in [0.4, 0.5) is 0 Å². The molecule has 0 spiro atoms.